The van der Waals surface area contributed by atoms with Crippen LogP contribution in [0.4, 0.5) is 0 Å². The molecule has 1 aromatic carbocycles. The molecule has 0 unspecified atom stereocenters. The smallest absolute Gasteiger partial charge is 0.258 e. The van der Waals surface area contributed by atoms with Gasteiger partial charge in [0.1, 0.15) is 17.9 Å². The van der Waals surface area contributed by atoms with Crippen molar-refractivity contribution in [3.05, 3.63) is 81.9 Å². The number of quaternary nitrogens is 1. The summed E-state index contributed by atoms with van der Waals surface area (Å²) in [5.41, 5.74) is 3.10. The molecule has 152 valence electrons. The number of nitrogens with zero attached hydrogens (tertiary/aromatic N) is 3. The molecule has 29 heavy (non-hydrogen) atoms. The van der Waals surface area contributed by atoms with E-state index in [1.165, 1.54) is 4.90 Å². The molecule has 0 spiro atoms. The maximum Gasteiger partial charge on any atom is 0.258 e. The number of hydrogen-bond donors (Lipinski definition) is 1. The zero-order chi connectivity index (χ0) is 20.4. The predicted octanol–water partition coefficient (Wildman–Crippen LogP) is 0.233. The molecule has 1 N–H and O–H groups in total. The van der Waals surface area contributed by atoms with Gasteiger partial charge >= 0.3 is 0 Å². The van der Waals surface area contributed by atoms with Crippen LogP contribution in [-0.4, -0.2) is 48.3 Å². The highest BCUT2D eigenvalue weighted by molar-refractivity contribution is 7.88. The Balaban J connectivity index is 1.42. The van der Waals surface area contributed by atoms with Crippen LogP contribution in [0.3, 0.4) is 0 Å². The van der Waals surface area contributed by atoms with Crippen LogP contribution in [-0.2, 0) is 22.3 Å². The van der Waals surface area contributed by atoms with E-state index >= 15 is 0 Å². The Morgan fingerprint density at radius 1 is 1.07 bits per heavy atom. The number of aryl methyl sites for hydroxylation is 1. The molecule has 3 heterocycles. The van der Waals surface area contributed by atoms with E-state index in [1.807, 2.05) is 49.4 Å². The number of rotatable bonds is 5. The van der Waals surface area contributed by atoms with Crippen molar-refractivity contribution in [1.82, 2.24) is 13.7 Å². The lowest BCUT2D eigenvalue weighted by atomic mass is 10.2. The van der Waals surface area contributed by atoms with Crippen molar-refractivity contribution in [2.75, 3.05) is 26.2 Å². The zero-order valence-corrected chi connectivity index (χ0v) is 17.2. The number of fused-ring (bicyclic) bond motifs is 1. The summed E-state index contributed by atoms with van der Waals surface area (Å²) in [6.45, 7) is 4.92. The molecule has 0 atom stereocenters. The van der Waals surface area contributed by atoms with Gasteiger partial charge in [0.05, 0.1) is 31.9 Å². The largest absolute Gasteiger partial charge is 0.328 e. The topological polar surface area (TPSA) is 76.2 Å². The molecule has 4 rings (SSSR count). The minimum absolute atomic E-state index is 0.0332. The Kier molecular flexibility index (Phi) is 5.49. The van der Waals surface area contributed by atoms with Crippen LogP contribution in [0.2, 0.25) is 0 Å². The summed E-state index contributed by atoms with van der Waals surface area (Å²) in [6, 6.07) is 14.6. The summed E-state index contributed by atoms with van der Waals surface area (Å²) in [5, 5.41) is 0. The van der Waals surface area contributed by atoms with Crippen molar-refractivity contribution in [2.45, 2.75) is 19.2 Å². The SMILES string of the molecule is Cc1cccn2c(=O)cc(C[NH+]3CCN(S(=O)(=O)Cc4ccccc4)CC3)nc12. The summed E-state index contributed by atoms with van der Waals surface area (Å²) in [6.07, 6.45) is 1.73. The van der Waals surface area contributed by atoms with Crippen LogP contribution < -0.4 is 10.5 Å². The van der Waals surface area contributed by atoms with Gasteiger partial charge in [0.25, 0.3) is 5.56 Å². The number of sulfonamides is 1. The number of pyridine rings is 1. The van der Waals surface area contributed by atoms with Gasteiger partial charge < -0.3 is 4.90 Å². The fourth-order valence-corrected chi connectivity index (χ4v) is 5.32. The van der Waals surface area contributed by atoms with Crippen LogP contribution in [0.1, 0.15) is 16.8 Å². The highest BCUT2D eigenvalue weighted by Crippen LogP contribution is 2.11. The number of aromatic nitrogens is 2. The second-order valence-electron chi connectivity index (χ2n) is 7.54. The number of benzene rings is 1. The summed E-state index contributed by atoms with van der Waals surface area (Å²) >= 11 is 0. The molecule has 0 radical (unpaired) electrons. The maximum atomic E-state index is 12.7. The molecular formula is C21H25N4O3S+. The van der Waals surface area contributed by atoms with Gasteiger partial charge in [0.2, 0.25) is 10.0 Å². The predicted molar refractivity (Wildman–Crippen MR) is 111 cm³/mol. The lowest BCUT2D eigenvalue weighted by Crippen LogP contribution is -3.13. The van der Waals surface area contributed by atoms with Crippen molar-refractivity contribution in [3.8, 4) is 0 Å². The second kappa shape index (κ2) is 8.06. The quantitative estimate of drug-likeness (QED) is 0.650. The molecule has 8 heteroatoms. The van der Waals surface area contributed by atoms with E-state index in [1.54, 1.807) is 21.0 Å². The van der Waals surface area contributed by atoms with E-state index in [-0.39, 0.29) is 11.3 Å². The van der Waals surface area contributed by atoms with Gasteiger partial charge in [-0.1, -0.05) is 36.4 Å². The van der Waals surface area contributed by atoms with E-state index in [0.717, 1.165) is 16.8 Å². The zero-order valence-electron chi connectivity index (χ0n) is 16.4. The van der Waals surface area contributed by atoms with Crippen molar-refractivity contribution in [1.29, 1.82) is 0 Å². The van der Waals surface area contributed by atoms with Crippen molar-refractivity contribution >= 4 is 15.7 Å². The first-order valence-corrected chi connectivity index (χ1v) is 11.4. The molecule has 1 fully saturated rings. The van der Waals surface area contributed by atoms with Gasteiger partial charge in [-0.3, -0.25) is 9.20 Å². The summed E-state index contributed by atoms with van der Waals surface area (Å²) < 4.78 is 28.6. The van der Waals surface area contributed by atoms with E-state index in [4.69, 9.17) is 0 Å². The fourth-order valence-electron chi connectivity index (χ4n) is 3.79. The van der Waals surface area contributed by atoms with E-state index < -0.39 is 10.0 Å². The minimum atomic E-state index is -3.32. The molecule has 1 aliphatic heterocycles. The van der Waals surface area contributed by atoms with E-state index in [2.05, 4.69) is 4.98 Å². The average Bonchev–Trinajstić information content (AvgIpc) is 2.70. The molecule has 0 aliphatic carbocycles. The molecular weight excluding hydrogens is 388 g/mol. The number of nitrogens with one attached hydrogen (secondary N) is 1. The molecule has 7 nitrogen and oxygen atoms in total. The van der Waals surface area contributed by atoms with Crippen LogP contribution >= 0.6 is 0 Å². The number of piperazine rings is 1. The second-order valence-corrected chi connectivity index (χ2v) is 9.51. The van der Waals surface area contributed by atoms with Crippen LogP contribution in [0.5, 0.6) is 0 Å². The number of hydrogen-bond acceptors (Lipinski definition) is 4. The highest BCUT2D eigenvalue weighted by atomic mass is 32.2. The first-order valence-electron chi connectivity index (χ1n) is 9.75. The average molecular weight is 414 g/mol. The van der Waals surface area contributed by atoms with Gasteiger partial charge in [-0.25, -0.2) is 13.4 Å². The molecule has 0 amide bonds. The van der Waals surface area contributed by atoms with Crippen LogP contribution in [0, 0.1) is 6.92 Å². The van der Waals surface area contributed by atoms with E-state index in [9.17, 15) is 13.2 Å². The van der Waals surface area contributed by atoms with Crippen molar-refractivity contribution in [3.63, 3.8) is 0 Å². The molecule has 0 bridgehead atoms. The lowest BCUT2D eigenvalue weighted by Gasteiger charge is -2.31. The van der Waals surface area contributed by atoms with Crippen LogP contribution in [0.15, 0.2) is 59.5 Å². The fraction of sp³-hybridized carbons (Fsp3) is 0.333. The lowest BCUT2D eigenvalue weighted by molar-refractivity contribution is -0.917. The van der Waals surface area contributed by atoms with Gasteiger partial charge in [0.15, 0.2) is 0 Å². The third kappa shape index (κ3) is 4.39. The Labute approximate surface area is 170 Å². The third-order valence-electron chi connectivity index (χ3n) is 5.39. The van der Waals surface area contributed by atoms with Gasteiger partial charge in [-0.05, 0) is 24.1 Å². The van der Waals surface area contributed by atoms with Gasteiger partial charge in [-0.15, -0.1) is 0 Å². The molecule has 0 saturated carbocycles. The Morgan fingerprint density at radius 3 is 2.52 bits per heavy atom. The van der Waals surface area contributed by atoms with Crippen LogP contribution in [0.25, 0.3) is 5.65 Å². The molecule has 3 aromatic rings. The normalized spacial score (nSPS) is 16.3. The van der Waals surface area contributed by atoms with Crippen molar-refractivity contribution < 1.29 is 13.3 Å². The third-order valence-corrected chi connectivity index (χ3v) is 7.24. The Morgan fingerprint density at radius 2 is 1.79 bits per heavy atom. The Bertz CT molecular complexity index is 1170. The monoisotopic (exact) mass is 413 g/mol. The first kappa shape index (κ1) is 19.8. The summed E-state index contributed by atoms with van der Waals surface area (Å²) in [5.74, 6) is 0.0332. The standard InChI is InChI=1S/C21H24N4O3S/c1-17-6-5-9-25-20(26)14-19(22-21(17)25)15-23-10-12-24(13-11-23)29(27,28)16-18-7-3-2-4-8-18/h2-9,14H,10-13,15-16H2,1H3/p+1. The molecule has 1 aliphatic rings. The van der Waals surface area contributed by atoms with Crippen molar-refractivity contribution in [2.24, 2.45) is 0 Å². The van der Waals surface area contributed by atoms with E-state index in [0.29, 0.717) is 38.4 Å². The van der Waals surface area contributed by atoms with Gasteiger partial charge in [-0.2, -0.15) is 4.31 Å². The molecule has 1 saturated heterocycles. The van der Waals surface area contributed by atoms with Gasteiger partial charge in [0, 0.05) is 12.3 Å². The highest BCUT2D eigenvalue weighted by Gasteiger charge is 2.29. The molecule has 2 aromatic heterocycles. The Hall–Kier alpha value is -2.55. The first-order chi connectivity index (χ1) is 13.9. The minimum Gasteiger partial charge on any atom is -0.328 e. The summed E-state index contributed by atoms with van der Waals surface area (Å²) in [4.78, 5) is 18.3. The maximum absolute atomic E-state index is 12.7. The summed E-state index contributed by atoms with van der Waals surface area (Å²) in [7, 11) is -3.32.